The molecule has 2 nitrogen and oxygen atoms in total. The summed E-state index contributed by atoms with van der Waals surface area (Å²) in [6.45, 7) is 2.16. The summed E-state index contributed by atoms with van der Waals surface area (Å²) in [5.41, 5.74) is 1.89. The Bertz CT molecular complexity index is 332. The molecule has 1 aromatic heterocycles. The van der Waals surface area contributed by atoms with Crippen LogP contribution in [0.15, 0.2) is 10.7 Å². The predicted molar refractivity (Wildman–Crippen MR) is 44.8 cm³/mol. The average molecular weight is 161 g/mol. The molecule has 0 radical (unpaired) electrons. The van der Waals surface area contributed by atoms with E-state index in [2.05, 4.69) is 13.0 Å². The molecule has 1 aliphatic rings. The van der Waals surface area contributed by atoms with E-state index < -0.39 is 0 Å². The number of aryl methyl sites for hydroxylation is 1. The molecule has 1 atom stereocenters. The number of furan rings is 1. The monoisotopic (exact) mass is 161 g/mol. The Morgan fingerprint density at radius 3 is 3.25 bits per heavy atom. The molecule has 12 heavy (non-hydrogen) atoms. The summed E-state index contributed by atoms with van der Waals surface area (Å²) in [6.07, 6.45) is 4.96. The molecular weight excluding hydrogens is 150 g/mol. The van der Waals surface area contributed by atoms with Gasteiger partial charge in [-0.2, -0.15) is 5.26 Å². The summed E-state index contributed by atoms with van der Waals surface area (Å²) in [4.78, 5) is 0. The van der Waals surface area contributed by atoms with Crippen LogP contribution in [-0.2, 0) is 6.42 Å². The zero-order valence-corrected chi connectivity index (χ0v) is 7.13. The predicted octanol–water partition coefficient (Wildman–Crippen LogP) is 2.59. The van der Waals surface area contributed by atoms with Gasteiger partial charge in [0.05, 0.1) is 5.56 Å². The largest absolute Gasteiger partial charge is 0.468 e. The summed E-state index contributed by atoms with van der Waals surface area (Å²) in [5, 5.41) is 8.79. The molecule has 0 amide bonds. The third kappa shape index (κ3) is 0.937. The second-order valence-electron chi connectivity index (χ2n) is 3.39. The van der Waals surface area contributed by atoms with Gasteiger partial charge in [0.2, 0.25) is 0 Å². The lowest BCUT2D eigenvalue weighted by atomic mass is 9.87. The number of fused-ring (bicyclic) bond motifs is 1. The van der Waals surface area contributed by atoms with Crippen LogP contribution in [0, 0.1) is 11.3 Å². The van der Waals surface area contributed by atoms with Crippen LogP contribution in [-0.4, -0.2) is 0 Å². The molecule has 0 spiro atoms. The van der Waals surface area contributed by atoms with Crippen molar-refractivity contribution < 1.29 is 4.42 Å². The summed E-state index contributed by atoms with van der Waals surface area (Å²) in [6, 6.07) is 2.17. The van der Waals surface area contributed by atoms with Crippen LogP contribution < -0.4 is 0 Å². The summed E-state index contributed by atoms with van der Waals surface area (Å²) >= 11 is 0. The topological polar surface area (TPSA) is 36.9 Å². The highest BCUT2D eigenvalue weighted by molar-refractivity contribution is 5.41. The van der Waals surface area contributed by atoms with Crippen molar-refractivity contribution in [1.82, 2.24) is 0 Å². The average Bonchev–Trinajstić information content (AvgIpc) is 2.49. The molecule has 2 rings (SSSR count). The third-order valence-electron chi connectivity index (χ3n) is 2.56. The van der Waals surface area contributed by atoms with Gasteiger partial charge in [0.15, 0.2) is 0 Å². The van der Waals surface area contributed by atoms with Gasteiger partial charge in [-0.05, 0) is 18.8 Å². The van der Waals surface area contributed by atoms with Crippen molar-refractivity contribution in [2.75, 3.05) is 0 Å². The molecule has 0 saturated carbocycles. The zero-order valence-electron chi connectivity index (χ0n) is 7.13. The van der Waals surface area contributed by atoms with Gasteiger partial charge in [0.25, 0.3) is 0 Å². The molecule has 62 valence electrons. The van der Waals surface area contributed by atoms with Crippen molar-refractivity contribution in [3.05, 3.63) is 23.2 Å². The van der Waals surface area contributed by atoms with Crippen molar-refractivity contribution in [2.24, 2.45) is 0 Å². The normalized spacial score (nSPS) is 21.5. The standard InChI is InChI=1S/C10H11NO/c1-7-3-2-4-9-10(7)8(5-11)6-12-9/h6-7H,2-4H2,1H3. The first-order valence-electron chi connectivity index (χ1n) is 4.33. The fraction of sp³-hybridized carbons (Fsp3) is 0.500. The fourth-order valence-corrected chi connectivity index (χ4v) is 1.94. The van der Waals surface area contributed by atoms with Crippen LogP contribution >= 0.6 is 0 Å². The maximum atomic E-state index is 8.79. The third-order valence-corrected chi connectivity index (χ3v) is 2.56. The lowest BCUT2D eigenvalue weighted by Gasteiger charge is -2.16. The van der Waals surface area contributed by atoms with Crippen molar-refractivity contribution in [2.45, 2.75) is 32.1 Å². The van der Waals surface area contributed by atoms with Crippen molar-refractivity contribution in [1.29, 1.82) is 5.26 Å². The van der Waals surface area contributed by atoms with Gasteiger partial charge in [-0.25, -0.2) is 0 Å². The second-order valence-corrected chi connectivity index (χ2v) is 3.39. The minimum Gasteiger partial charge on any atom is -0.468 e. The maximum Gasteiger partial charge on any atom is 0.109 e. The number of nitriles is 1. The van der Waals surface area contributed by atoms with Crippen LogP contribution in [0.5, 0.6) is 0 Å². The molecule has 0 bridgehead atoms. The van der Waals surface area contributed by atoms with Crippen LogP contribution in [0.1, 0.15) is 42.6 Å². The van der Waals surface area contributed by atoms with Crippen molar-refractivity contribution >= 4 is 0 Å². The van der Waals surface area contributed by atoms with Gasteiger partial charge in [-0.1, -0.05) is 6.92 Å². The highest BCUT2D eigenvalue weighted by Gasteiger charge is 2.22. The molecule has 1 aliphatic carbocycles. The molecule has 0 saturated heterocycles. The number of hydrogen-bond donors (Lipinski definition) is 0. The van der Waals surface area contributed by atoms with Crippen LogP contribution in [0.2, 0.25) is 0 Å². The van der Waals surface area contributed by atoms with Gasteiger partial charge in [-0.3, -0.25) is 0 Å². The lowest BCUT2D eigenvalue weighted by molar-refractivity contribution is 0.459. The number of nitrogens with zero attached hydrogens (tertiary/aromatic N) is 1. The first-order chi connectivity index (χ1) is 5.83. The lowest BCUT2D eigenvalue weighted by Crippen LogP contribution is -2.05. The Hall–Kier alpha value is -1.23. The molecule has 1 aromatic rings. The highest BCUT2D eigenvalue weighted by Crippen LogP contribution is 2.34. The number of hydrogen-bond acceptors (Lipinski definition) is 2. The molecule has 1 unspecified atom stereocenters. The number of rotatable bonds is 0. The van der Waals surface area contributed by atoms with Gasteiger partial charge in [0.1, 0.15) is 18.1 Å². The molecular formula is C10H11NO. The Kier molecular flexibility index (Phi) is 1.65. The quantitative estimate of drug-likeness (QED) is 0.586. The molecule has 0 aliphatic heterocycles. The Balaban J connectivity index is 2.52. The SMILES string of the molecule is CC1CCCc2occ(C#N)c21. The Morgan fingerprint density at radius 2 is 2.50 bits per heavy atom. The van der Waals surface area contributed by atoms with Gasteiger partial charge < -0.3 is 4.42 Å². The van der Waals surface area contributed by atoms with E-state index in [1.54, 1.807) is 6.26 Å². The Labute approximate surface area is 71.8 Å². The van der Waals surface area contributed by atoms with Gasteiger partial charge in [-0.15, -0.1) is 0 Å². The molecule has 2 heteroatoms. The van der Waals surface area contributed by atoms with Crippen molar-refractivity contribution in [3.63, 3.8) is 0 Å². The molecule has 0 aromatic carbocycles. The van der Waals surface area contributed by atoms with E-state index in [4.69, 9.17) is 9.68 Å². The molecule has 1 heterocycles. The van der Waals surface area contributed by atoms with E-state index >= 15 is 0 Å². The minimum atomic E-state index is 0.502. The first kappa shape index (κ1) is 7.42. The fourth-order valence-electron chi connectivity index (χ4n) is 1.94. The van der Waals surface area contributed by atoms with Crippen LogP contribution in [0.3, 0.4) is 0 Å². The van der Waals surface area contributed by atoms with E-state index in [9.17, 15) is 0 Å². The van der Waals surface area contributed by atoms with Crippen LogP contribution in [0.4, 0.5) is 0 Å². The Morgan fingerprint density at radius 1 is 1.67 bits per heavy atom. The summed E-state index contributed by atoms with van der Waals surface area (Å²) < 4.78 is 5.33. The van der Waals surface area contributed by atoms with E-state index in [-0.39, 0.29) is 0 Å². The molecule has 0 fully saturated rings. The van der Waals surface area contributed by atoms with Crippen LogP contribution in [0.25, 0.3) is 0 Å². The van der Waals surface area contributed by atoms with Gasteiger partial charge >= 0.3 is 0 Å². The van der Waals surface area contributed by atoms with E-state index in [1.165, 1.54) is 12.8 Å². The van der Waals surface area contributed by atoms with Gasteiger partial charge in [0, 0.05) is 12.0 Å². The summed E-state index contributed by atoms with van der Waals surface area (Å²) in [7, 11) is 0. The van der Waals surface area contributed by atoms with Crippen molar-refractivity contribution in [3.8, 4) is 6.07 Å². The minimum absolute atomic E-state index is 0.502. The molecule has 0 N–H and O–H groups in total. The second kappa shape index (κ2) is 2.67. The van der Waals surface area contributed by atoms with E-state index in [0.717, 1.165) is 23.3 Å². The smallest absolute Gasteiger partial charge is 0.109 e. The van der Waals surface area contributed by atoms with E-state index in [1.807, 2.05) is 0 Å². The van der Waals surface area contributed by atoms with E-state index in [0.29, 0.717) is 5.92 Å². The zero-order chi connectivity index (χ0) is 8.55. The highest BCUT2D eigenvalue weighted by atomic mass is 16.3. The maximum absolute atomic E-state index is 8.79. The first-order valence-corrected chi connectivity index (χ1v) is 4.33. The summed E-state index contributed by atoms with van der Waals surface area (Å²) in [5.74, 6) is 1.53.